The molecule has 2 aromatic carbocycles. The number of fused-ring (bicyclic) bond motifs is 1. The van der Waals surface area contributed by atoms with Crippen molar-refractivity contribution in [3.05, 3.63) is 64.2 Å². The van der Waals surface area contributed by atoms with Gasteiger partial charge in [0.15, 0.2) is 0 Å². The van der Waals surface area contributed by atoms with E-state index in [9.17, 15) is 0 Å². The van der Waals surface area contributed by atoms with E-state index in [-0.39, 0.29) is 0 Å². The number of halogens is 1. The highest BCUT2D eigenvalue weighted by atomic mass is 35.5. The van der Waals surface area contributed by atoms with Crippen LogP contribution in [0.4, 0.5) is 5.82 Å². The zero-order valence-corrected chi connectivity index (χ0v) is 15.4. The number of aromatic nitrogens is 2. The third-order valence-electron chi connectivity index (χ3n) is 4.85. The number of anilines is 1. The summed E-state index contributed by atoms with van der Waals surface area (Å²) in [5.74, 6) is 1.11. The second kappa shape index (κ2) is 6.57. The molecule has 0 saturated carbocycles. The lowest BCUT2D eigenvalue weighted by molar-refractivity contribution is 0.779. The summed E-state index contributed by atoms with van der Waals surface area (Å²) in [6, 6.07) is 14.6. The molecular weight excluding hydrogens is 330 g/mol. The van der Waals surface area contributed by atoms with Crippen LogP contribution in [0.5, 0.6) is 0 Å². The molecule has 0 amide bonds. The van der Waals surface area contributed by atoms with E-state index in [0.29, 0.717) is 0 Å². The molecule has 4 rings (SSSR count). The molecule has 1 N–H and O–H groups in total. The molecule has 0 atom stereocenters. The molecule has 3 nitrogen and oxygen atoms in total. The maximum atomic E-state index is 6.26. The summed E-state index contributed by atoms with van der Waals surface area (Å²) < 4.78 is 2.04. The van der Waals surface area contributed by atoms with Gasteiger partial charge in [-0.2, -0.15) is 5.10 Å². The van der Waals surface area contributed by atoms with Gasteiger partial charge in [0.25, 0.3) is 0 Å². The number of benzene rings is 2. The molecule has 0 aliphatic carbocycles. The Hall–Kier alpha value is -2.26. The molecule has 0 spiro atoms. The smallest absolute Gasteiger partial charge is 0.133 e. The second-order valence-corrected chi connectivity index (χ2v) is 7.20. The van der Waals surface area contributed by atoms with Crippen molar-refractivity contribution in [1.82, 2.24) is 9.78 Å². The van der Waals surface area contributed by atoms with Crippen molar-refractivity contribution in [2.45, 2.75) is 33.1 Å². The molecule has 0 bridgehead atoms. The van der Waals surface area contributed by atoms with Gasteiger partial charge in [-0.1, -0.05) is 47.5 Å². The molecular formula is C21H22ClN3. The van der Waals surface area contributed by atoms with E-state index in [2.05, 4.69) is 43.4 Å². The molecule has 1 aromatic heterocycles. The van der Waals surface area contributed by atoms with Gasteiger partial charge < -0.3 is 5.32 Å². The van der Waals surface area contributed by atoms with Crippen LogP contribution < -0.4 is 5.32 Å². The maximum absolute atomic E-state index is 6.26. The fourth-order valence-corrected chi connectivity index (χ4v) is 3.60. The lowest BCUT2D eigenvalue weighted by atomic mass is 10.0. The first kappa shape index (κ1) is 16.2. The highest BCUT2D eigenvalue weighted by Gasteiger charge is 2.22. The molecule has 2 heterocycles. The van der Waals surface area contributed by atoms with E-state index >= 15 is 0 Å². The monoisotopic (exact) mass is 351 g/mol. The van der Waals surface area contributed by atoms with Crippen molar-refractivity contribution in [3.63, 3.8) is 0 Å². The molecule has 0 fully saturated rings. The van der Waals surface area contributed by atoms with Crippen LogP contribution >= 0.6 is 11.6 Å². The summed E-state index contributed by atoms with van der Waals surface area (Å²) in [6.45, 7) is 5.19. The van der Waals surface area contributed by atoms with E-state index in [1.165, 1.54) is 29.5 Å². The third-order valence-corrected chi connectivity index (χ3v) is 5.09. The van der Waals surface area contributed by atoms with E-state index in [0.717, 1.165) is 40.8 Å². The Morgan fingerprint density at radius 2 is 1.84 bits per heavy atom. The third kappa shape index (κ3) is 3.05. The average Bonchev–Trinajstić information content (AvgIpc) is 2.79. The van der Waals surface area contributed by atoms with Crippen molar-refractivity contribution in [2.24, 2.45) is 0 Å². The standard InChI is InChI=1S/C21H22ClN3/c1-14-6-9-16(10-7-14)20-18-5-3-4-12-23-21(18)25(24-20)19-13-17(22)11-8-15(19)2/h6-11,13,23H,3-5,12H2,1-2H3. The SMILES string of the molecule is Cc1ccc(-c2nn(-c3cc(Cl)ccc3C)c3c2CCCCN3)cc1. The minimum absolute atomic E-state index is 0.732. The normalized spacial score (nSPS) is 13.9. The first-order valence-corrected chi connectivity index (χ1v) is 9.20. The lowest BCUT2D eigenvalue weighted by Crippen LogP contribution is -2.08. The van der Waals surface area contributed by atoms with Gasteiger partial charge >= 0.3 is 0 Å². The summed E-state index contributed by atoms with van der Waals surface area (Å²) in [7, 11) is 0. The molecule has 0 radical (unpaired) electrons. The van der Waals surface area contributed by atoms with Gasteiger partial charge in [0.1, 0.15) is 5.82 Å². The predicted molar refractivity (Wildman–Crippen MR) is 105 cm³/mol. The first-order valence-electron chi connectivity index (χ1n) is 8.83. The fourth-order valence-electron chi connectivity index (χ4n) is 3.43. The summed E-state index contributed by atoms with van der Waals surface area (Å²) in [5, 5.41) is 9.33. The van der Waals surface area contributed by atoms with E-state index in [1.54, 1.807) is 0 Å². The van der Waals surface area contributed by atoms with Gasteiger partial charge in [-0.25, -0.2) is 4.68 Å². The van der Waals surface area contributed by atoms with Gasteiger partial charge in [0.2, 0.25) is 0 Å². The van der Waals surface area contributed by atoms with Gasteiger partial charge in [0, 0.05) is 22.7 Å². The maximum Gasteiger partial charge on any atom is 0.133 e. The molecule has 3 aromatic rings. The number of nitrogens with zero attached hydrogens (tertiary/aromatic N) is 2. The van der Waals surface area contributed by atoms with Crippen LogP contribution in [0.15, 0.2) is 42.5 Å². The lowest BCUT2D eigenvalue weighted by Gasteiger charge is -2.12. The van der Waals surface area contributed by atoms with Crippen LogP contribution in [0.25, 0.3) is 16.9 Å². The molecule has 128 valence electrons. The molecule has 0 saturated heterocycles. The first-order chi connectivity index (χ1) is 12.1. The largest absolute Gasteiger partial charge is 0.370 e. The molecule has 1 aliphatic heterocycles. The zero-order valence-electron chi connectivity index (χ0n) is 14.6. The number of nitrogens with one attached hydrogen (secondary N) is 1. The van der Waals surface area contributed by atoms with Crippen LogP contribution in [0, 0.1) is 13.8 Å². The highest BCUT2D eigenvalue weighted by Crippen LogP contribution is 2.35. The fraction of sp³-hybridized carbons (Fsp3) is 0.286. The van der Waals surface area contributed by atoms with Gasteiger partial charge in [-0.05, 0) is 50.8 Å². The molecule has 4 heteroatoms. The van der Waals surface area contributed by atoms with Crippen molar-refractivity contribution in [1.29, 1.82) is 0 Å². The Morgan fingerprint density at radius 3 is 2.64 bits per heavy atom. The second-order valence-electron chi connectivity index (χ2n) is 6.77. The van der Waals surface area contributed by atoms with Crippen LogP contribution in [0.2, 0.25) is 5.02 Å². The predicted octanol–water partition coefficient (Wildman–Crippen LogP) is 5.56. The number of hydrogen-bond acceptors (Lipinski definition) is 2. The average molecular weight is 352 g/mol. The minimum Gasteiger partial charge on any atom is -0.370 e. The van der Waals surface area contributed by atoms with Crippen LogP contribution in [-0.2, 0) is 6.42 Å². The van der Waals surface area contributed by atoms with Gasteiger partial charge in [0.05, 0.1) is 11.4 Å². The summed E-state index contributed by atoms with van der Waals surface area (Å²) in [4.78, 5) is 0. The zero-order chi connectivity index (χ0) is 17.4. The van der Waals surface area contributed by atoms with E-state index in [4.69, 9.17) is 16.7 Å². The van der Waals surface area contributed by atoms with Crippen molar-refractivity contribution < 1.29 is 0 Å². The minimum atomic E-state index is 0.732. The summed E-state index contributed by atoms with van der Waals surface area (Å²) in [5.41, 5.74) is 7.01. The molecule has 1 aliphatic rings. The number of hydrogen-bond donors (Lipinski definition) is 1. The summed E-state index contributed by atoms with van der Waals surface area (Å²) >= 11 is 6.26. The quantitative estimate of drug-likeness (QED) is 0.655. The van der Waals surface area contributed by atoms with E-state index < -0.39 is 0 Å². The topological polar surface area (TPSA) is 29.9 Å². The van der Waals surface area contributed by atoms with Crippen LogP contribution in [0.1, 0.15) is 29.5 Å². The van der Waals surface area contributed by atoms with Gasteiger partial charge in [-0.15, -0.1) is 0 Å². The Balaban J connectivity index is 1.93. The van der Waals surface area contributed by atoms with Crippen molar-refractivity contribution in [3.8, 4) is 16.9 Å². The Morgan fingerprint density at radius 1 is 1.04 bits per heavy atom. The Bertz CT molecular complexity index is 910. The molecule has 0 unspecified atom stereocenters. The Labute approximate surface area is 153 Å². The van der Waals surface area contributed by atoms with Crippen molar-refractivity contribution >= 4 is 17.4 Å². The molecule has 25 heavy (non-hydrogen) atoms. The highest BCUT2D eigenvalue weighted by molar-refractivity contribution is 6.30. The van der Waals surface area contributed by atoms with Crippen LogP contribution in [-0.4, -0.2) is 16.3 Å². The van der Waals surface area contributed by atoms with E-state index in [1.807, 2.05) is 22.9 Å². The Kier molecular flexibility index (Phi) is 4.26. The van der Waals surface area contributed by atoms with Crippen molar-refractivity contribution in [2.75, 3.05) is 11.9 Å². The summed E-state index contributed by atoms with van der Waals surface area (Å²) in [6.07, 6.45) is 3.40. The van der Waals surface area contributed by atoms with Crippen LogP contribution in [0.3, 0.4) is 0 Å². The number of aryl methyl sites for hydroxylation is 2. The van der Waals surface area contributed by atoms with Gasteiger partial charge in [-0.3, -0.25) is 0 Å². The number of rotatable bonds is 2.